The molecule has 6 heteroatoms. The Hall–Kier alpha value is -2.27. The van der Waals surface area contributed by atoms with Crippen molar-refractivity contribution in [1.82, 2.24) is 9.47 Å². The number of likely N-dealkylation sites (tertiary alicyclic amines) is 1. The maximum absolute atomic E-state index is 13.1. The van der Waals surface area contributed by atoms with E-state index in [-0.39, 0.29) is 17.4 Å². The van der Waals surface area contributed by atoms with E-state index in [0.29, 0.717) is 41.9 Å². The standard InChI is InChI=1S/C19H19ClN2O3/c1-25-17-6-5-14(20)8-15(17)19(24)21-9-12-7-13(11-21)16-3-2-4-18(23)22(16)10-12/h2-6,8,12-13H,7,9-11H2,1H3/t12-,13-/m0/s1. The summed E-state index contributed by atoms with van der Waals surface area (Å²) in [5.74, 6) is 0.943. The Morgan fingerprint density at radius 3 is 2.84 bits per heavy atom. The lowest BCUT2D eigenvalue weighted by molar-refractivity contribution is 0.0591. The summed E-state index contributed by atoms with van der Waals surface area (Å²) in [6.07, 6.45) is 1.01. The van der Waals surface area contributed by atoms with Crippen LogP contribution in [0.15, 0.2) is 41.2 Å². The van der Waals surface area contributed by atoms with Gasteiger partial charge in [-0.15, -0.1) is 0 Å². The number of piperidine rings is 1. The van der Waals surface area contributed by atoms with Gasteiger partial charge in [-0.25, -0.2) is 0 Å². The molecule has 2 aromatic rings. The van der Waals surface area contributed by atoms with E-state index in [4.69, 9.17) is 16.3 Å². The Kier molecular flexibility index (Phi) is 4.04. The fraction of sp³-hybridized carbons (Fsp3) is 0.368. The molecule has 25 heavy (non-hydrogen) atoms. The number of fused-ring (bicyclic) bond motifs is 4. The molecule has 0 spiro atoms. The van der Waals surface area contributed by atoms with Crippen molar-refractivity contribution in [3.8, 4) is 5.75 Å². The van der Waals surface area contributed by atoms with E-state index in [1.807, 2.05) is 15.5 Å². The van der Waals surface area contributed by atoms with E-state index in [2.05, 4.69) is 0 Å². The number of pyridine rings is 1. The lowest BCUT2D eigenvalue weighted by atomic mass is 9.83. The molecule has 2 aliphatic rings. The lowest BCUT2D eigenvalue weighted by Gasteiger charge is -2.42. The largest absolute Gasteiger partial charge is 0.496 e. The first-order valence-corrected chi connectivity index (χ1v) is 8.77. The molecule has 0 aliphatic carbocycles. The summed E-state index contributed by atoms with van der Waals surface area (Å²) in [6, 6.07) is 10.5. The molecular weight excluding hydrogens is 340 g/mol. The zero-order valence-electron chi connectivity index (χ0n) is 13.9. The van der Waals surface area contributed by atoms with E-state index in [0.717, 1.165) is 12.1 Å². The minimum atomic E-state index is -0.0687. The third kappa shape index (κ3) is 2.82. The van der Waals surface area contributed by atoms with Crippen LogP contribution in [0.1, 0.15) is 28.4 Å². The molecule has 1 aromatic carbocycles. The van der Waals surface area contributed by atoms with Gasteiger partial charge < -0.3 is 14.2 Å². The van der Waals surface area contributed by atoms with Gasteiger partial charge >= 0.3 is 0 Å². The van der Waals surface area contributed by atoms with Gasteiger partial charge in [-0.2, -0.15) is 0 Å². The van der Waals surface area contributed by atoms with Gasteiger partial charge in [0, 0.05) is 42.3 Å². The first-order chi connectivity index (χ1) is 12.1. The lowest BCUT2D eigenvalue weighted by Crippen LogP contribution is -2.49. The number of rotatable bonds is 2. The van der Waals surface area contributed by atoms with E-state index in [1.165, 1.54) is 0 Å². The van der Waals surface area contributed by atoms with Crippen molar-refractivity contribution in [2.75, 3.05) is 20.2 Å². The number of hydrogen-bond donors (Lipinski definition) is 0. The van der Waals surface area contributed by atoms with Crippen LogP contribution in [0.25, 0.3) is 0 Å². The number of ether oxygens (including phenoxy) is 1. The van der Waals surface area contributed by atoms with Crippen LogP contribution in [0.5, 0.6) is 5.75 Å². The van der Waals surface area contributed by atoms with E-state index in [1.54, 1.807) is 37.4 Å². The average molecular weight is 359 g/mol. The minimum Gasteiger partial charge on any atom is -0.496 e. The second-order valence-electron chi connectivity index (χ2n) is 6.75. The molecule has 1 fully saturated rings. The van der Waals surface area contributed by atoms with Crippen molar-refractivity contribution < 1.29 is 9.53 Å². The normalized spacial score (nSPS) is 21.6. The second kappa shape index (κ2) is 6.23. The SMILES string of the molecule is COc1ccc(Cl)cc1C(=O)N1C[C@@H]2C[C@@H](C1)c1cccc(=O)n1C2. The maximum Gasteiger partial charge on any atom is 0.257 e. The molecule has 130 valence electrons. The summed E-state index contributed by atoms with van der Waals surface area (Å²) >= 11 is 6.07. The van der Waals surface area contributed by atoms with E-state index >= 15 is 0 Å². The highest BCUT2D eigenvalue weighted by atomic mass is 35.5. The first kappa shape index (κ1) is 16.2. The predicted molar refractivity (Wildman–Crippen MR) is 95.5 cm³/mol. The van der Waals surface area contributed by atoms with Crippen molar-refractivity contribution in [1.29, 1.82) is 0 Å². The molecule has 2 aliphatic heterocycles. The molecular formula is C19H19ClN2O3. The van der Waals surface area contributed by atoms with Crippen molar-refractivity contribution in [3.05, 3.63) is 63.0 Å². The van der Waals surface area contributed by atoms with E-state index in [9.17, 15) is 9.59 Å². The molecule has 0 N–H and O–H groups in total. The Labute approximate surface area is 150 Å². The number of benzene rings is 1. The van der Waals surface area contributed by atoms with Crippen molar-refractivity contribution in [2.45, 2.75) is 18.9 Å². The van der Waals surface area contributed by atoms with E-state index < -0.39 is 0 Å². The number of carbonyl (C=O) groups is 1. The van der Waals surface area contributed by atoms with Gasteiger partial charge in [-0.3, -0.25) is 9.59 Å². The number of carbonyl (C=O) groups excluding carboxylic acids is 1. The maximum atomic E-state index is 13.1. The summed E-state index contributed by atoms with van der Waals surface area (Å²) in [5.41, 5.74) is 1.56. The van der Waals surface area contributed by atoms with Gasteiger partial charge in [0.25, 0.3) is 11.5 Å². The van der Waals surface area contributed by atoms with Crippen molar-refractivity contribution in [3.63, 3.8) is 0 Å². The molecule has 0 radical (unpaired) electrons. The molecule has 2 bridgehead atoms. The zero-order chi connectivity index (χ0) is 17.6. The fourth-order valence-corrected chi connectivity index (χ4v) is 4.25. The average Bonchev–Trinajstić information content (AvgIpc) is 2.62. The van der Waals surface area contributed by atoms with Crippen molar-refractivity contribution in [2.24, 2.45) is 5.92 Å². The van der Waals surface area contributed by atoms with Gasteiger partial charge in [0.15, 0.2) is 0 Å². The van der Waals surface area contributed by atoms with Gasteiger partial charge in [-0.05, 0) is 36.6 Å². The Morgan fingerprint density at radius 1 is 1.20 bits per heavy atom. The van der Waals surface area contributed by atoms with Gasteiger partial charge in [-0.1, -0.05) is 17.7 Å². The minimum absolute atomic E-state index is 0.0449. The smallest absolute Gasteiger partial charge is 0.257 e. The summed E-state index contributed by atoms with van der Waals surface area (Å²) in [7, 11) is 1.55. The summed E-state index contributed by atoms with van der Waals surface area (Å²) < 4.78 is 7.19. The zero-order valence-corrected chi connectivity index (χ0v) is 14.7. The van der Waals surface area contributed by atoms with Crippen LogP contribution in [0, 0.1) is 5.92 Å². The number of aromatic nitrogens is 1. The highest BCUT2D eigenvalue weighted by molar-refractivity contribution is 6.31. The van der Waals surface area contributed by atoms with Gasteiger partial charge in [0.2, 0.25) is 0 Å². The van der Waals surface area contributed by atoms with Crippen LogP contribution in [-0.4, -0.2) is 35.6 Å². The Bertz CT molecular complexity index is 892. The van der Waals surface area contributed by atoms with Crippen LogP contribution in [0.4, 0.5) is 0 Å². The fourth-order valence-electron chi connectivity index (χ4n) is 4.08. The monoisotopic (exact) mass is 358 g/mol. The number of hydrogen-bond acceptors (Lipinski definition) is 3. The first-order valence-electron chi connectivity index (χ1n) is 8.39. The number of methoxy groups -OCH3 is 1. The molecule has 1 saturated heterocycles. The molecule has 3 heterocycles. The third-order valence-corrected chi connectivity index (χ3v) is 5.39. The molecule has 0 unspecified atom stereocenters. The van der Waals surface area contributed by atoms with Crippen LogP contribution in [-0.2, 0) is 6.54 Å². The number of halogens is 1. The van der Waals surface area contributed by atoms with Crippen LogP contribution in [0.3, 0.4) is 0 Å². The summed E-state index contributed by atoms with van der Waals surface area (Å²) in [5, 5.41) is 0.512. The van der Waals surface area contributed by atoms with Gasteiger partial charge in [0.1, 0.15) is 5.75 Å². The van der Waals surface area contributed by atoms with Crippen LogP contribution in [0.2, 0.25) is 5.02 Å². The highest BCUT2D eigenvalue weighted by Crippen LogP contribution is 2.36. The predicted octanol–water partition coefficient (Wildman–Crippen LogP) is 2.77. The molecule has 1 amide bonds. The molecule has 5 nitrogen and oxygen atoms in total. The summed E-state index contributed by atoms with van der Waals surface area (Å²) in [4.78, 5) is 27.0. The topological polar surface area (TPSA) is 51.5 Å². The Balaban J connectivity index is 1.65. The second-order valence-corrected chi connectivity index (χ2v) is 7.19. The van der Waals surface area contributed by atoms with Crippen LogP contribution < -0.4 is 10.3 Å². The number of nitrogens with zero attached hydrogens (tertiary/aromatic N) is 2. The van der Waals surface area contributed by atoms with Crippen molar-refractivity contribution >= 4 is 17.5 Å². The number of amides is 1. The molecule has 2 atom stereocenters. The van der Waals surface area contributed by atoms with Gasteiger partial charge in [0.05, 0.1) is 12.7 Å². The summed E-state index contributed by atoms with van der Waals surface area (Å²) in [6.45, 7) is 1.92. The third-order valence-electron chi connectivity index (χ3n) is 5.16. The quantitative estimate of drug-likeness (QED) is 0.829. The molecule has 0 saturated carbocycles. The Morgan fingerprint density at radius 2 is 2.04 bits per heavy atom. The molecule has 1 aromatic heterocycles. The molecule has 4 rings (SSSR count). The van der Waals surface area contributed by atoms with Crippen LogP contribution >= 0.6 is 11.6 Å². The highest BCUT2D eigenvalue weighted by Gasteiger charge is 2.37.